The van der Waals surface area contributed by atoms with Gasteiger partial charge in [0.05, 0.1) is 23.0 Å². The molecule has 0 atom stereocenters. The topological polar surface area (TPSA) is 123 Å². The molecule has 1 aliphatic rings. The van der Waals surface area contributed by atoms with Crippen molar-refractivity contribution in [3.8, 4) is 5.75 Å². The molecule has 1 fully saturated rings. The van der Waals surface area contributed by atoms with Gasteiger partial charge < -0.3 is 19.7 Å². The van der Waals surface area contributed by atoms with Crippen molar-refractivity contribution in [2.24, 2.45) is 5.92 Å². The first-order chi connectivity index (χ1) is 19.7. The third kappa shape index (κ3) is 6.58. The Morgan fingerprint density at radius 3 is 2.27 bits per heavy atom. The molecule has 5 rings (SSSR count). The van der Waals surface area contributed by atoms with Crippen LogP contribution in [-0.4, -0.2) is 63.6 Å². The van der Waals surface area contributed by atoms with E-state index >= 15 is 0 Å². The predicted octanol–water partition coefficient (Wildman–Crippen LogP) is 4.85. The quantitative estimate of drug-likeness (QED) is 0.290. The molecule has 2 N–H and O–H groups in total. The van der Waals surface area contributed by atoms with E-state index in [9.17, 15) is 13.2 Å². The molecule has 10 nitrogen and oxygen atoms in total. The van der Waals surface area contributed by atoms with Crippen molar-refractivity contribution in [1.82, 2.24) is 14.9 Å². The SMILES string of the molecule is COc1ccc(CC2CCOCC2)c(Nc2nc3ccccc3nc2NS(=O)(=O)c2ccc(C(=O)N(C)C)cc2)c1. The molecule has 214 valence electrons. The van der Waals surface area contributed by atoms with E-state index in [-0.39, 0.29) is 22.4 Å². The fourth-order valence-electron chi connectivity index (χ4n) is 4.75. The number of methoxy groups -OCH3 is 1. The number of benzene rings is 3. The minimum atomic E-state index is -4.06. The third-order valence-corrected chi connectivity index (χ3v) is 8.39. The van der Waals surface area contributed by atoms with Gasteiger partial charge in [-0.25, -0.2) is 18.4 Å². The zero-order valence-electron chi connectivity index (χ0n) is 23.3. The van der Waals surface area contributed by atoms with Gasteiger partial charge in [0.15, 0.2) is 11.6 Å². The van der Waals surface area contributed by atoms with Gasteiger partial charge in [0.25, 0.3) is 15.9 Å². The van der Waals surface area contributed by atoms with E-state index in [4.69, 9.17) is 14.5 Å². The van der Waals surface area contributed by atoms with Crippen molar-refractivity contribution in [2.45, 2.75) is 24.2 Å². The minimum absolute atomic E-state index is 0.00435. The molecular weight excluding hydrogens is 542 g/mol. The number of ether oxygens (including phenoxy) is 2. The Hall–Kier alpha value is -4.22. The summed E-state index contributed by atoms with van der Waals surface area (Å²) in [6.07, 6.45) is 2.78. The molecule has 1 saturated heterocycles. The summed E-state index contributed by atoms with van der Waals surface area (Å²) >= 11 is 0. The highest BCUT2D eigenvalue weighted by Gasteiger charge is 2.22. The number of aromatic nitrogens is 2. The number of carbonyl (C=O) groups excluding carboxylic acids is 1. The van der Waals surface area contributed by atoms with Gasteiger partial charge in [-0.1, -0.05) is 18.2 Å². The van der Waals surface area contributed by atoms with E-state index in [1.165, 1.54) is 29.2 Å². The summed E-state index contributed by atoms with van der Waals surface area (Å²) in [5, 5.41) is 3.35. The smallest absolute Gasteiger partial charge is 0.263 e. The van der Waals surface area contributed by atoms with Gasteiger partial charge in [-0.05, 0) is 73.2 Å². The normalized spacial score (nSPS) is 14.0. The molecule has 2 heterocycles. The number of amides is 1. The summed E-state index contributed by atoms with van der Waals surface area (Å²) in [6.45, 7) is 1.49. The zero-order valence-corrected chi connectivity index (χ0v) is 24.1. The van der Waals surface area contributed by atoms with E-state index in [2.05, 4.69) is 15.0 Å². The molecule has 41 heavy (non-hydrogen) atoms. The molecule has 0 aliphatic carbocycles. The van der Waals surface area contributed by atoms with Crippen molar-refractivity contribution in [3.63, 3.8) is 0 Å². The van der Waals surface area contributed by atoms with Crippen LogP contribution in [0.5, 0.6) is 5.75 Å². The Balaban J connectivity index is 1.50. The molecule has 3 aromatic carbocycles. The van der Waals surface area contributed by atoms with Gasteiger partial charge in [-0.3, -0.25) is 9.52 Å². The van der Waals surface area contributed by atoms with Gasteiger partial charge in [-0.2, -0.15) is 0 Å². The molecule has 1 amide bonds. The molecule has 1 aromatic heterocycles. The lowest BCUT2D eigenvalue weighted by Crippen LogP contribution is -2.22. The van der Waals surface area contributed by atoms with Gasteiger partial charge in [0.2, 0.25) is 0 Å². The Kier molecular flexibility index (Phi) is 8.36. The van der Waals surface area contributed by atoms with Crippen LogP contribution in [0.15, 0.2) is 71.6 Å². The number of hydrogen-bond acceptors (Lipinski definition) is 8. The van der Waals surface area contributed by atoms with Gasteiger partial charge in [0, 0.05) is 44.6 Å². The number of carbonyl (C=O) groups is 1. The molecule has 0 saturated carbocycles. The van der Waals surface area contributed by atoms with Crippen molar-refractivity contribution in [3.05, 3.63) is 77.9 Å². The highest BCUT2D eigenvalue weighted by Crippen LogP contribution is 2.33. The van der Waals surface area contributed by atoms with Crippen LogP contribution in [0.2, 0.25) is 0 Å². The van der Waals surface area contributed by atoms with E-state index < -0.39 is 10.0 Å². The van der Waals surface area contributed by atoms with Gasteiger partial charge in [0.1, 0.15) is 5.75 Å². The molecule has 0 bridgehead atoms. The minimum Gasteiger partial charge on any atom is -0.497 e. The van der Waals surface area contributed by atoms with Crippen LogP contribution in [0.4, 0.5) is 17.3 Å². The second-order valence-corrected chi connectivity index (χ2v) is 11.8. The van der Waals surface area contributed by atoms with E-state index in [1.54, 1.807) is 27.3 Å². The van der Waals surface area contributed by atoms with Crippen LogP contribution in [0, 0.1) is 5.92 Å². The summed E-state index contributed by atoms with van der Waals surface area (Å²) in [4.78, 5) is 23.0. The second-order valence-electron chi connectivity index (χ2n) is 10.1. The Labute approximate surface area is 239 Å². The van der Waals surface area contributed by atoms with Gasteiger partial charge >= 0.3 is 0 Å². The van der Waals surface area contributed by atoms with Crippen LogP contribution in [-0.2, 0) is 21.2 Å². The molecule has 1 aliphatic heterocycles. The van der Waals surface area contributed by atoms with Gasteiger partial charge in [-0.15, -0.1) is 0 Å². The number of rotatable bonds is 9. The largest absolute Gasteiger partial charge is 0.497 e. The molecular formula is C30H33N5O5S. The lowest BCUT2D eigenvalue weighted by Gasteiger charge is -2.23. The first-order valence-electron chi connectivity index (χ1n) is 13.4. The third-order valence-electron chi connectivity index (χ3n) is 7.04. The molecule has 0 spiro atoms. The number of nitrogens with zero attached hydrogens (tertiary/aromatic N) is 3. The number of nitrogens with one attached hydrogen (secondary N) is 2. The predicted molar refractivity (Wildman–Crippen MR) is 158 cm³/mol. The Morgan fingerprint density at radius 1 is 0.976 bits per heavy atom. The second kappa shape index (κ2) is 12.1. The molecule has 4 aromatic rings. The number of sulfonamides is 1. The summed E-state index contributed by atoms with van der Waals surface area (Å²) in [5.74, 6) is 1.22. The van der Waals surface area contributed by atoms with E-state index in [1.807, 2.05) is 36.4 Å². The zero-order chi connectivity index (χ0) is 29.0. The highest BCUT2D eigenvalue weighted by molar-refractivity contribution is 7.92. The molecule has 0 radical (unpaired) electrons. The average molecular weight is 576 g/mol. The Bertz CT molecular complexity index is 1650. The maximum atomic E-state index is 13.5. The number of anilines is 3. The van der Waals surface area contributed by atoms with Crippen LogP contribution < -0.4 is 14.8 Å². The standard InChI is InChI=1S/C30H33N5O5S/c1-35(2)30(36)21-9-12-24(13-10-21)41(37,38)34-29-28(31-25-6-4-5-7-26(25)32-29)33-27-19-23(39-3)11-8-22(27)18-20-14-16-40-17-15-20/h4-13,19-20H,14-18H2,1-3H3,(H,31,33)(H,32,34). The van der Waals surface area contributed by atoms with Crippen molar-refractivity contribution in [1.29, 1.82) is 0 Å². The first kappa shape index (κ1) is 28.3. The average Bonchev–Trinajstić information content (AvgIpc) is 2.98. The fourth-order valence-corrected chi connectivity index (χ4v) is 5.75. The lowest BCUT2D eigenvalue weighted by molar-refractivity contribution is 0.0666. The monoisotopic (exact) mass is 575 g/mol. The maximum Gasteiger partial charge on any atom is 0.263 e. The van der Waals surface area contributed by atoms with Crippen molar-refractivity contribution >= 4 is 44.3 Å². The highest BCUT2D eigenvalue weighted by atomic mass is 32.2. The maximum absolute atomic E-state index is 13.5. The summed E-state index contributed by atoms with van der Waals surface area (Å²) < 4.78 is 40.5. The summed E-state index contributed by atoms with van der Waals surface area (Å²) in [5.41, 5.74) is 3.35. The van der Waals surface area contributed by atoms with Crippen LogP contribution in [0.1, 0.15) is 28.8 Å². The van der Waals surface area contributed by atoms with Crippen molar-refractivity contribution in [2.75, 3.05) is 44.5 Å². The first-order valence-corrected chi connectivity index (χ1v) is 14.8. The number of fused-ring (bicyclic) bond motifs is 1. The number of hydrogen-bond donors (Lipinski definition) is 2. The van der Waals surface area contributed by atoms with Crippen molar-refractivity contribution < 1.29 is 22.7 Å². The number of para-hydroxylation sites is 2. The lowest BCUT2D eigenvalue weighted by atomic mass is 9.91. The summed E-state index contributed by atoms with van der Waals surface area (Å²) in [7, 11) is 0.815. The summed E-state index contributed by atoms with van der Waals surface area (Å²) in [6, 6.07) is 18.8. The van der Waals surface area contributed by atoms with Crippen LogP contribution in [0.25, 0.3) is 11.0 Å². The van der Waals surface area contributed by atoms with Crippen LogP contribution >= 0.6 is 0 Å². The Morgan fingerprint density at radius 2 is 1.63 bits per heavy atom. The fraction of sp³-hybridized carbons (Fsp3) is 0.300. The van der Waals surface area contributed by atoms with Crippen LogP contribution in [0.3, 0.4) is 0 Å². The molecule has 0 unspecified atom stereocenters. The molecule has 11 heteroatoms. The van der Waals surface area contributed by atoms with E-state index in [0.29, 0.717) is 28.3 Å². The van der Waals surface area contributed by atoms with E-state index in [0.717, 1.165) is 43.7 Å².